The molecule has 144 valence electrons. The van der Waals surface area contributed by atoms with Gasteiger partial charge in [-0.25, -0.2) is 4.98 Å². The van der Waals surface area contributed by atoms with Gasteiger partial charge in [-0.2, -0.15) is 0 Å². The molecular weight excluding hydrogens is 374 g/mol. The topological polar surface area (TPSA) is 84.1 Å². The van der Waals surface area contributed by atoms with Gasteiger partial charge in [-0.15, -0.1) is 0 Å². The minimum atomic E-state index is -0.265. The molecule has 1 heterocycles. The number of aromatic nitrogens is 2. The Labute approximate surface area is 167 Å². The van der Waals surface area contributed by atoms with Crippen molar-refractivity contribution in [1.82, 2.24) is 9.97 Å². The number of aromatic amines is 1. The fourth-order valence-electron chi connectivity index (χ4n) is 2.73. The van der Waals surface area contributed by atoms with Gasteiger partial charge in [0, 0.05) is 17.3 Å². The molecule has 3 aromatic rings. The van der Waals surface area contributed by atoms with Crippen LogP contribution in [0.3, 0.4) is 0 Å². The summed E-state index contributed by atoms with van der Waals surface area (Å²) in [7, 11) is 1.60. The lowest BCUT2D eigenvalue weighted by atomic mass is 10.1. The van der Waals surface area contributed by atoms with Gasteiger partial charge in [0.05, 0.1) is 18.6 Å². The highest BCUT2D eigenvalue weighted by molar-refractivity contribution is 7.99. The molecule has 0 atom stereocenters. The summed E-state index contributed by atoms with van der Waals surface area (Å²) in [5.41, 5.74) is 3.91. The van der Waals surface area contributed by atoms with E-state index >= 15 is 0 Å². The number of rotatable bonds is 6. The highest BCUT2D eigenvalue weighted by Crippen LogP contribution is 2.23. The van der Waals surface area contributed by atoms with Crippen molar-refractivity contribution in [3.05, 3.63) is 70.0 Å². The predicted octanol–water partition coefficient (Wildman–Crippen LogP) is 3.79. The first-order valence-electron chi connectivity index (χ1n) is 8.71. The molecule has 0 bridgehead atoms. The highest BCUT2D eigenvalue weighted by atomic mass is 32.2. The van der Waals surface area contributed by atoms with Crippen molar-refractivity contribution in [3.63, 3.8) is 0 Å². The van der Waals surface area contributed by atoms with Gasteiger partial charge in [0.1, 0.15) is 5.75 Å². The van der Waals surface area contributed by atoms with E-state index in [1.807, 2.05) is 56.3 Å². The maximum Gasteiger partial charge on any atom is 0.252 e. The molecular formula is C21H21N3O3S. The van der Waals surface area contributed by atoms with Crippen molar-refractivity contribution >= 4 is 23.4 Å². The molecule has 28 heavy (non-hydrogen) atoms. The lowest BCUT2D eigenvalue weighted by molar-refractivity contribution is -0.113. The number of hydrogen-bond acceptors (Lipinski definition) is 5. The second-order valence-electron chi connectivity index (χ2n) is 6.27. The molecule has 0 saturated carbocycles. The third-order valence-electron chi connectivity index (χ3n) is 4.19. The SMILES string of the molecule is COc1ccc(-c2cc(=O)[nH]c(SCC(=O)Nc3c(C)cccc3C)n2)cc1. The van der Waals surface area contributed by atoms with E-state index in [0.29, 0.717) is 10.9 Å². The molecule has 2 N–H and O–H groups in total. The molecule has 7 heteroatoms. The monoisotopic (exact) mass is 395 g/mol. The summed E-state index contributed by atoms with van der Waals surface area (Å²) < 4.78 is 5.15. The Morgan fingerprint density at radius 1 is 1.14 bits per heavy atom. The van der Waals surface area contributed by atoms with E-state index in [1.54, 1.807) is 7.11 Å². The molecule has 0 spiro atoms. The minimum Gasteiger partial charge on any atom is -0.497 e. The average molecular weight is 395 g/mol. The zero-order valence-corrected chi connectivity index (χ0v) is 16.7. The van der Waals surface area contributed by atoms with Crippen LogP contribution in [0.2, 0.25) is 0 Å². The molecule has 3 rings (SSSR count). The van der Waals surface area contributed by atoms with E-state index in [0.717, 1.165) is 28.1 Å². The standard InChI is InChI=1S/C21H21N3O3S/c1-13-5-4-6-14(2)20(13)23-19(26)12-28-21-22-17(11-18(25)24-21)15-7-9-16(27-3)10-8-15/h4-11H,12H2,1-3H3,(H,23,26)(H,22,24,25). The lowest BCUT2D eigenvalue weighted by Gasteiger charge is -2.11. The molecule has 2 aromatic carbocycles. The molecule has 1 amide bonds. The number of methoxy groups -OCH3 is 1. The largest absolute Gasteiger partial charge is 0.497 e. The number of carbonyl (C=O) groups is 1. The van der Waals surface area contributed by atoms with Gasteiger partial charge in [-0.05, 0) is 49.2 Å². The van der Waals surface area contributed by atoms with E-state index in [9.17, 15) is 9.59 Å². The van der Waals surface area contributed by atoms with Crippen LogP contribution in [-0.2, 0) is 4.79 Å². The van der Waals surface area contributed by atoms with Crippen LogP contribution in [0.15, 0.2) is 58.5 Å². The van der Waals surface area contributed by atoms with Crippen LogP contribution < -0.4 is 15.6 Å². The number of H-pyrrole nitrogens is 1. The quantitative estimate of drug-likeness (QED) is 0.490. The van der Waals surface area contributed by atoms with Crippen molar-refractivity contribution in [3.8, 4) is 17.0 Å². The van der Waals surface area contributed by atoms with Crippen LogP contribution in [0.25, 0.3) is 11.3 Å². The first kappa shape index (κ1) is 19.7. The van der Waals surface area contributed by atoms with Crippen molar-refractivity contribution in [2.45, 2.75) is 19.0 Å². The highest BCUT2D eigenvalue weighted by Gasteiger charge is 2.10. The molecule has 0 aliphatic rings. The summed E-state index contributed by atoms with van der Waals surface area (Å²) in [6, 6.07) is 14.6. The van der Waals surface area contributed by atoms with Crippen molar-refractivity contribution in [1.29, 1.82) is 0 Å². The molecule has 0 fully saturated rings. The summed E-state index contributed by atoms with van der Waals surface area (Å²) in [6.07, 6.45) is 0. The number of ether oxygens (including phenoxy) is 1. The number of benzene rings is 2. The average Bonchev–Trinajstić information content (AvgIpc) is 2.69. The molecule has 0 unspecified atom stereocenters. The zero-order valence-electron chi connectivity index (χ0n) is 15.9. The number of carbonyl (C=O) groups excluding carboxylic acids is 1. The number of nitrogens with zero attached hydrogens (tertiary/aromatic N) is 1. The Bertz CT molecular complexity index is 1030. The van der Waals surface area contributed by atoms with E-state index in [1.165, 1.54) is 17.8 Å². The zero-order chi connectivity index (χ0) is 20.1. The summed E-state index contributed by atoms with van der Waals surface area (Å²) in [5.74, 6) is 0.717. The maximum absolute atomic E-state index is 12.3. The van der Waals surface area contributed by atoms with Gasteiger partial charge < -0.3 is 15.0 Å². The van der Waals surface area contributed by atoms with E-state index in [-0.39, 0.29) is 17.2 Å². The molecule has 1 aromatic heterocycles. The second kappa shape index (κ2) is 8.75. The van der Waals surface area contributed by atoms with Crippen LogP contribution >= 0.6 is 11.8 Å². The normalized spacial score (nSPS) is 10.5. The summed E-state index contributed by atoms with van der Waals surface area (Å²) >= 11 is 1.19. The van der Waals surface area contributed by atoms with Gasteiger partial charge in [0.15, 0.2) is 5.16 Å². The van der Waals surface area contributed by atoms with E-state index in [2.05, 4.69) is 15.3 Å². The van der Waals surface area contributed by atoms with E-state index in [4.69, 9.17) is 4.74 Å². The number of anilines is 1. The Balaban J connectivity index is 1.71. The van der Waals surface area contributed by atoms with E-state index < -0.39 is 0 Å². The number of thioether (sulfide) groups is 1. The first-order chi connectivity index (χ1) is 13.5. The third-order valence-corrected chi connectivity index (χ3v) is 5.06. The van der Waals surface area contributed by atoms with Gasteiger partial charge in [0.2, 0.25) is 5.91 Å². The van der Waals surface area contributed by atoms with Crippen LogP contribution in [0, 0.1) is 13.8 Å². The number of nitrogens with one attached hydrogen (secondary N) is 2. The first-order valence-corrected chi connectivity index (χ1v) is 9.69. The van der Waals surface area contributed by atoms with Crippen LogP contribution in [0.1, 0.15) is 11.1 Å². The van der Waals surface area contributed by atoms with Gasteiger partial charge in [0.25, 0.3) is 5.56 Å². The smallest absolute Gasteiger partial charge is 0.252 e. The van der Waals surface area contributed by atoms with Crippen molar-refractivity contribution in [2.24, 2.45) is 0 Å². The number of amides is 1. The fraction of sp³-hybridized carbons (Fsp3) is 0.190. The van der Waals surface area contributed by atoms with Gasteiger partial charge in [-0.3, -0.25) is 9.59 Å². The predicted molar refractivity (Wildman–Crippen MR) is 112 cm³/mol. The third kappa shape index (κ3) is 4.80. The van der Waals surface area contributed by atoms with Gasteiger partial charge >= 0.3 is 0 Å². The van der Waals surface area contributed by atoms with Crippen molar-refractivity contribution < 1.29 is 9.53 Å². The lowest BCUT2D eigenvalue weighted by Crippen LogP contribution is -2.16. The number of aryl methyl sites for hydroxylation is 2. The minimum absolute atomic E-state index is 0.142. The molecule has 6 nitrogen and oxygen atoms in total. The Morgan fingerprint density at radius 2 is 1.82 bits per heavy atom. The molecule has 0 saturated heterocycles. The number of para-hydroxylation sites is 1. The van der Waals surface area contributed by atoms with Gasteiger partial charge in [-0.1, -0.05) is 30.0 Å². The molecule has 0 aliphatic carbocycles. The maximum atomic E-state index is 12.3. The van der Waals surface area contributed by atoms with Crippen LogP contribution in [0.4, 0.5) is 5.69 Å². The Morgan fingerprint density at radius 3 is 2.46 bits per heavy atom. The summed E-state index contributed by atoms with van der Waals surface area (Å²) in [5, 5.41) is 3.33. The summed E-state index contributed by atoms with van der Waals surface area (Å²) in [4.78, 5) is 31.5. The van der Waals surface area contributed by atoms with Crippen LogP contribution in [0.5, 0.6) is 5.75 Å². The summed E-state index contributed by atoms with van der Waals surface area (Å²) in [6.45, 7) is 3.90. The fourth-order valence-corrected chi connectivity index (χ4v) is 3.41. The molecule has 0 radical (unpaired) electrons. The second-order valence-corrected chi connectivity index (χ2v) is 7.23. The van der Waals surface area contributed by atoms with Crippen molar-refractivity contribution in [2.75, 3.05) is 18.2 Å². The molecule has 0 aliphatic heterocycles. The Kier molecular flexibility index (Phi) is 6.16. The van der Waals surface area contributed by atoms with Crippen LogP contribution in [-0.4, -0.2) is 28.7 Å². The number of hydrogen-bond donors (Lipinski definition) is 2. The Hall–Kier alpha value is -3.06.